The minimum absolute atomic E-state index is 0.696. The molecule has 9 heteroatoms. The molecule has 0 radical (unpaired) electrons. The number of terminal acetylenes is 1. The van der Waals surface area contributed by atoms with Crippen LogP contribution in [0.25, 0.3) is 0 Å². The number of rotatable bonds is 3. The number of nitrogens with one attached hydrogen (secondary N) is 1. The van der Waals surface area contributed by atoms with Gasteiger partial charge < -0.3 is 20.1 Å². The summed E-state index contributed by atoms with van der Waals surface area (Å²) >= 11 is 0. The van der Waals surface area contributed by atoms with Crippen molar-refractivity contribution in [2.45, 2.75) is 23.5 Å². The monoisotopic (exact) mass is 300 g/mol. The zero-order chi connectivity index (χ0) is 15.8. The van der Waals surface area contributed by atoms with E-state index < -0.39 is 48.1 Å². The molecule has 1 saturated heterocycles. The zero-order valence-electron chi connectivity index (χ0n) is 10.7. The van der Waals surface area contributed by atoms with Crippen LogP contribution in [0.1, 0.15) is 6.23 Å². The van der Waals surface area contributed by atoms with Crippen LogP contribution in [0.15, 0.2) is 21.9 Å². The maximum Gasteiger partial charge on any atom is 0.330 e. The minimum atomic E-state index is -2.46. The third kappa shape index (κ3) is 2.09. The van der Waals surface area contributed by atoms with Crippen LogP contribution in [0, 0.1) is 12.3 Å². The summed E-state index contributed by atoms with van der Waals surface area (Å²) in [5, 5.41) is 29.6. The number of aliphatic hydroxyl groups is 3. The van der Waals surface area contributed by atoms with Gasteiger partial charge in [0.15, 0.2) is 17.4 Å². The Hall–Kier alpha value is -1.99. The second-order valence-corrected chi connectivity index (χ2v) is 4.72. The lowest BCUT2D eigenvalue weighted by Gasteiger charge is -2.28. The standard InChI is InChI=1S/C12H13FN2O6/c1-2-12(20)8(18)11(5-13,6-16)21-9(12)15-4-3-7(17)14-10(15)19/h1,3-4,8-9,16,18,20H,5-6H2,(H,14,17,19). The molecular weight excluding hydrogens is 287 g/mol. The number of halogens is 1. The molecule has 4 N–H and O–H groups in total. The number of hydrogen-bond donors (Lipinski definition) is 4. The maximum atomic E-state index is 13.2. The van der Waals surface area contributed by atoms with Crippen LogP contribution in [0.4, 0.5) is 4.39 Å². The Balaban J connectivity index is 2.60. The Morgan fingerprint density at radius 1 is 1.57 bits per heavy atom. The van der Waals surface area contributed by atoms with Crippen molar-refractivity contribution in [2.75, 3.05) is 13.3 Å². The lowest BCUT2D eigenvalue weighted by molar-refractivity contribution is -0.139. The summed E-state index contributed by atoms with van der Waals surface area (Å²) in [6, 6.07) is 0.961. The van der Waals surface area contributed by atoms with Crippen LogP contribution in [0.2, 0.25) is 0 Å². The molecule has 0 aliphatic carbocycles. The van der Waals surface area contributed by atoms with E-state index in [1.807, 2.05) is 10.9 Å². The van der Waals surface area contributed by atoms with E-state index in [1.165, 1.54) is 0 Å². The summed E-state index contributed by atoms with van der Waals surface area (Å²) in [4.78, 5) is 24.7. The fourth-order valence-corrected chi connectivity index (χ4v) is 2.21. The summed E-state index contributed by atoms with van der Waals surface area (Å²) in [5.74, 6) is 1.85. The molecule has 0 amide bonds. The highest BCUT2D eigenvalue weighted by Gasteiger charge is 2.63. The van der Waals surface area contributed by atoms with Crippen LogP contribution in [0.3, 0.4) is 0 Å². The first-order valence-corrected chi connectivity index (χ1v) is 5.89. The summed E-state index contributed by atoms with van der Waals surface area (Å²) in [5.41, 5.74) is -6.29. The van der Waals surface area contributed by atoms with Gasteiger partial charge in [0.2, 0.25) is 0 Å². The second kappa shape index (κ2) is 5.09. The molecule has 1 aromatic heterocycles. The van der Waals surface area contributed by atoms with Crippen molar-refractivity contribution in [1.29, 1.82) is 0 Å². The fourth-order valence-electron chi connectivity index (χ4n) is 2.21. The Bertz CT molecular complexity index is 688. The molecule has 114 valence electrons. The predicted molar refractivity (Wildman–Crippen MR) is 67.0 cm³/mol. The van der Waals surface area contributed by atoms with Crippen molar-refractivity contribution >= 4 is 0 Å². The predicted octanol–water partition coefficient (Wildman–Crippen LogP) is -2.51. The molecule has 2 rings (SSSR count). The summed E-state index contributed by atoms with van der Waals surface area (Å²) in [7, 11) is 0. The molecule has 21 heavy (non-hydrogen) atoms. The molecule has 2 heterocycles. The van der Waals surface area contributed by atoms with Gasteiger partial charge >= 0.3 is 5.69 Å². The summed E-state index contributed by atoms with van der Waals surface area (Å²) < 4.78 is 19.0. The average molecular weight is 300 g/mol. The Morgan fingerprint density at radius 3 is 2.71 bits per heavy atom. The average Bonchev–Trinajstić information content (AvgIpc) is 2.70. The second-order valence-electron chi connectivity index (χ2n) is 4.72. The number of ether oxygens (including phenoxy) is 1. The van der Waals surface area contributed by atoms with Crippen molar-refractivity contribution in [3.8, 4) is 12.3 Å². The van der Waals surface area contributed by atoms with Crippen molar-refractivity contribution in [3.05, 3.63) is 33.1 Å². The quantitative estimate of drug-likeness (QED) is 0.457. The van der Waals surface area contributed by atoms with E-state index in [9.17, 15) is 29.3 Å². The molecule has 8 nitrogen and oxygen atoms in total. The Labute approximate surface area is 117 Å². The van der Waals surface area contributed by atoms with Gasteiger partial charge in [-0.2, -0.15) is 0 Å². The van der Waals surface area contributed by atoms with Crippen LogP contribution in [-0.4, -0.2) is 55.5 Å². The van der Waals surface area contributed by atoms with E-state index in [1.54, 1.807) is 0 Å². The third-order valence-corrected chi connectivity index (χ3v) is 3.47. The van der Waals surface area contributed by atoms with Crippen LogP contribution in [-0.2, 0) is 4.74 Å². The molecule has 0 aromatic carbocycles. The van der Waals surface area contributed by atoms with Gasteiger partial charge in [-0.3, -0.25) is 14.3 Å². The van der Waals surface area contributed by atoms with Crippen molar-refractivity contribution < 1.29 is 24.4 Å². The maximum absolute atomic E-state index is 13.2. The molecule has 1 aromatic rings. The van der Waals surface area contributed by atoms with E-state index in [-0.39, 0.29) is 0 Å². The van der Waals surface area contributed by atoms with Crippen molar-refractivity contribution in [3.63, 3.8) is 0 Å². The number of aromatic nitrogens is 2. The zero-order valence-corrected chi connectivity index (χ0v) is 10.7. The smallest absolute Gasteiger partial charge is 0.330 e. The normalized spacial score (nSPS) is 35.6. The number of hydrogen-bond acceptors (Lipinski definition) is 6. The molecule has 4 atom stereocenters. The largest absolute Gasteiger partial charge is 0.393 e. The van der Waals surface area contributed by atoms with Gasteiger partial charge in [-0.1, -0.05) is 5.92 Å². The van der Waals surface area contributed by atoms with E-state index in [2.05, 4.69) is 0 Å². The van der Waals surface area contributed by atoms with Crippen molar-refractivity contribution in [1.82, 2.24) is 9.55 Å². The first kappa shape index (κ1) is 15.4. The summed E-state index contributed by atoms with van der Waals surface area (Å²) in [6.07, 6.45) is 2.49. The van der Waals surface area contributed by atoms with Gasteiger partial charge in [0.25, 0.3) is 5.56 Å². The SMILES string of the molecule is C#CC1(O)C(n2ccc(=O)[nH]c2=O)OC(CO)(CF)C1O. The molecule has 0 bridgehead atoms. The van der Waals surface area contributed by atoms with E-state index >= 15 is 0 Å². The van der Waals surface area contributed by atoms with Gasteiger partial charge in [0.1, 0.15) is 12.8 Å². The third-order valence-electron chi connectivity index (χ3n) is 3.47. The van der Waals surface area contributed by atoms with Crippen LogP contribution >= 0.6 is 0 Å². The molecule has 0 spiro atoms. The molecule has 4 unspecified atom stereocenters. The highest BCUT2D eigenvalue weighted by molar-refractivity contribution is 5.23. The Kier molecular flexibility index (Phi) is 3.73. The molecule has 1 fully saturated rings. The lowest BCUT2D eigenvalue weighted by atomic mass is 9.87. The van der Waals surface area contributed by atoms with Gasteiger partial charge in [-0.05, 0) is 0 Å². The Morgan fingerprint density at radius 2 is 2.24 bits per heavy atom. The summed E-state index contributed by atoms with van der Waals surface area (Å²) in [6.45, 7) is -2.31. The fraction of sp³-hybridized carbons (Fsp3) is 0.500. The lowest BCUT2D eigenvalue weighted by Crippen LogP contribution is -2.53. The molecule has 1 aliphatic rings. The highest BCUT2D eigenvalue weighted by Crippen LogP contribution is 2.43. The topological polar surface area (TPSA) is 125 Å². The van der Waals surface area contributed by atoms with Gasteiger partial charge in [0, 0.05) is 12.3 Å². The van der Waals surface area contributed by atoms with Gasteiger partial charge in [-0.25, -0.2) is 9.18 Å². The number of nitrogens with zero attached hydrogens (tertiary/aromatic N) is 1. The molecular formula is C12H13FN2O6. The van der Waals surface area contributed by atoms with E-state index in [0.29, 0.717) is 4.57 Å². The van der Waals surface area contributed by atoms with E-state index in [0.717, 1.165) is 12.3 Å². The van der Waals surface area contributed by atoms with Crippen LogP contribution in [0.5, 0.6) is 0 Å². The minimum Gasteiger partial charge on any atom is -0.393 e. The first-order chi connectivity index (χ1) is 9.84. The number of alkyl halides is 1. The van der Waals surface area contributed by atoms with Crippen molar-refractivity contribution in [2.24, 2.45) is 0 Å². The highest BCUT2D eigenvalue weighted by atomic mass is 19.1. The number of aliphatic hydroxyl groups excluding tert-OH is 2. The van der Waals surface area contributed by atoms with Gasteiger partial charge in [0.05, 0.1) is 6.61 Å². The van der Waals surface area contributed by atoms with Crippen LogP contribution < -0.4 is 11.2 Å². The van der Waals surface area contributed by atoms with E-state index in [4.69, 9.17) is 11.2 Å². The number of aromatic amines is 1. The first-order valence-electron chi connectivity index (χ1n) is 5.89. The van der Waals surface area contributed by atoms with Gasteiger partial charge in [-0.15, -0.1) is 6.42 Å². The molecule has 0 saturated carbocycles. The molecule has 1 aliphatic heterocycles. The number of H-pyrrole nitrogens is 1.